The molecule has 5 nitrogen and oxygen atoms in total. The van der Waals surface area contributed by atoms with Crippen molar-refractivity contribution in [2.45, 2.75) is 18.7 Å². The van der Waals surface area contributed by atoms with Gasteiger partial charge in [-0.2, -0.15) is 9.78 Å². The normalized spacial score (nSPS) is 13.5. The number of thioether (sulfide) groups is 1. The first-order chi connectivity index (χ1) is 11.7. The Bertz CT molecular complexity index is 905. The molecule has 0 spiro atoms. The van der Waals surface area contributed by atoms with Gasteiger partial charge in [-0.05, 0) is 42.1 Å². The zero-order valence-corrected chi connectivity index (χ0v) is 15.2. The fourth-order valence-electron chi connectivity index (χ4n) is 2.28. The highest BCUT2D eigenvalue weighted by Gasteiger charge is 2.20. The first kappa shape index (κ1) is 15.7. The summed E-state index contributed by atoms with van der Waals surface area (Å²) in [5, 5.41) is 16.7. The van der Waals surface area contributed by atoms with Crippen LogP contribution in [0.5, 0.6) is 5.75 Å². The van der Waals surface area contributed by atoms with Gasteiger partial charge in [-0.25, -0.2) is 0 Å². The summed E-state index contributed by atoms with van der Waals surface area (Å²) in [5.74, 6) is 2.23. The molecule has 0 bridgehead atoms. The summed E-state index contributed by atoms with van der Waals surface area (Å²) >= 11 is 9.36. The lowest BCUT2D eigenvalue weighted by Gasteiger charge is -2.13. The highest BCUT2D eigenvalue weighted by Crippen LogP contribution is 2.26. The molecule has 1 aliphatic heterocycles. The number of fused-ring (bicyclic) bond motifs is 1. The number of aryl methyl sites for hydroxylation is 1. The molecule has 1 aliphatic rings. The van der Waals surface area contributed by atoms with Crippen LogP contribution in [0, 0.1) is 6.92 Å². The third-order valence-electron chi connectivity index (χ3n) is 3.54. The van der Waals surface area contributed by atoms with Gasteiger partial charge >= 0.3 is 0 Å². The molecular formula is C16H13ClN4OS2. The van der Waals surface area contributed by atoms with Crippen LogP contribution in [0.1, 0.15) is 16.3 Å². The van der Waals surface area contributed by atoms with Gasteiger partial charge in [0.1, 0.15) is 12.4 Å². The van der Waals surface area contributed by atoms with Crippen LogP contribution in [0.15, 0.2) is 46.0 Å². The minimum atomic E-state index is 0.301. The molecule has 8 heteroatoms. The molecule has 4 rings (SSSR count). The van der Waals surface area contributed by atoms with Crippen LogP contribution >= 0.6 is 34.7 Å². The van der Waals surface area contributed by atoms with Crippen molar-refractivity contribution in [3.05, 3.63) is 57.0 Å². The molecule has 122 valence electrons. The number of benzene rings is 1. The molecule has 24 heavy (non-hydrogen) atoms. The third kappa shape index (κ3) is 3.07. The van der Waals surface area contributed by atoms with Crippen LogP contribution < -0.4 is 4.74 Å². The number of aromatic nitrogens is 3. The Hall–Kier alpha value is -1.83. The first-order valence-corrected chi connectivity index (χ1v) is 9.53. The maximum absolute atomic E-state index is 6.04. The number of rotatable bonds is 4. The van der Waals surface area contributed by atoms with Crippen LogP contribution in [-0.2, 0) is 6.61 Å². The molecular weight excluding hydrogens is 364 g/mol. The largest absolute Gasteiger partial charge is 0.486 e. The highest BCUT2D eigenvalue weighted by molar-refractivity contribution is 7.99. The number of ether oxygens (including phenoxy) is 1. The summed E-state index contributed by atoms with van der Waals surface area (Å²) in [6.45, 7) is 2.25. The van der Waals surface area contributed by atoms with E-state index in [1.807, 2.05) is 31.2 Å². The number of hydrogen-bond donors (Lipinski definition) is 0. The number of nitrogens with zero attached hydrogens (tertiary/aromatic N) is 4. The van der Waals surface area contributed by atoms with Gasteiger partial charge in [-0.1, -0.05) is 29.4 Å². The van der Waals surface area contributed by atoms with E-state index in [0.29, 0.717) is 12.4 Å². The van der Waals surface area contributed by atoms with Crippen molar-refractivity contribution < 1.29 is 4.74 Å². The topological polar surface area (TPSA) is 52.3 Å². The smallest absolute Gasteiger partial charge is 0.212 e. The summed E-state index contributed by atoms with van der Waals surface area (Å²) in [4.78, 5) is 1.17. The van der Waals surface area contributed by atoms with E-state index in [4.69, 9.17) is 16.3 Å². The van der Waals surface area contributed by atoms with Crippen molar-refractivity contribution in [2.24, 2.45) is 5.10 Å². The highest BCUT2D eigenvalue weighted by atomic mass is 35.5. The number of halogens is 1. The Kier molecular flexibility index (Phi) is 4.30. The third-order valence-corrected chi connectivity index (χ3v) is 5.81. The van der Waals surface area contributed by atoms with Gasteiger partial charge in [-0.3, -0.25) is 0 Å². The predicted octanol–water partition coefficient (Wildman–Crippen LogP) is 4.24. The minimum Gasteiger partial charge on any atom is -0.486 e. The SMILES string of the molecule is Cc1cc(OCc2nnc3n2N=C(c2cccs2)CS3)ccc1Cl. The van der Waals surface area contributed by atoms with Crippen molar-refractivity contribution in [3.8, 4) is 5.75 Å². The zero-order chi connectivity index (χ0) is 16.5. The second-order valence-electron chi connectivity index (χ2n) is 5.22. The predicted molar refractivity (Wildman–Crippen MR) is 97.5 cm³/mol. The maximum Gasteiger partial charge on any atom is 0.212 e. The van der Waals surface area contributed by atoms with Crippen LogP contribution in [0.4, 0.5) is 0 Å². The molecule has 3 aromatic rings. The van der Waals surface area contributed by atoms with Gasteiger partial charge in [0.05, 0.1) is 10.6 Å². The number of hydrogen-bond acceptors (Lipinski definition) is 6. The molecule has 0 radical (unpaired) electrons. The Morgan fingerprint density at radius 1 is 1.29 bits per heavy atom. The molecule has 0 fully saturated rings. The standard InChI is InChI=1S/C16H13ClN4OS2/c1-10-7-11(4-5-12(10)17)22-8-15-18-19-16-21(15)20-13(9-24-16)14-3-2-6-23-14/h2-7H,8-9H2,1H3. The Morgan fingerprint density at radius 2 is 2.21 bits per heavy atom. The Labute approximate surface area is 152 Å². The van der Waals surface area contributed by atoms with Gasteiger partial charge in [0.15, 0.2) is 5.82 Å². The van der Waals surface area contributed by atoms with Crippen LogP contribution in [0.2, 0.25) is 5.02 Å². The summed E-state index contributed by atoms with van der Waals surface area (Å²) in [6, 6.07) is 9.69. The summed E-state index contributed by atoms with van der Waals surface area (Å²) < 4.78 is 7.59. The van der Waals surface area contributed by atoms with E-state index in [2.05, 4.69) is 26.7 Å². The second kappa shape index (κ2) is 6.58. The van der Waals surface area contributed by atoms with Crippen molar-refractivity contribution in [2.75, 3.05) is 5.75 Å². The summed E-state index contributed by atoms with van der Waals surface area (Å²) in [5.41, 5.74) is 2.01. The second-order valence-corrected chi connectivity index (χ2v) is 7.52. The maximum atomic E-state index is 6.04. The molecule has 0 atom stereocenters. The van der Waals surface area contributed by atoms with Crippen molar-refractivity contribution >= 4 is 40.4 Å². The molecule has 0 aliphatic carbocycles. The number of thiophene rings is 1. The van der Waals surface area contributed by atoms with Crippen LogP contribution in [0.3, 0.4) is 0 Å². The molecule has 0 unspecified atom stereocenters. The molecule has 3 heterocycles. The Morgan fingerprint density at radius 3 is 3.00 bits per heavy atom. The monoisotopic (exact) mass is 376 g/mol. The first-order valence-electron chi connectivity index (χ1n) is 7.28. The molecule has 0 saturated carbocycles. The van der Waals surface area contributed by atoms with Crippen molar-refractivity contribution in [1.29, 1.82) is 0 Å². The average molecular weight is 377 g/mol. The molecule has 2 aromatic heterocycles. The van der Waals surface area contributed by atoms with Crippen molar-refractivity contribution in [3.63, 3.8) is 0 Å². The van der Waals surface area contributed by atoms with Crippen molar-refractivity contribution in [1.82, 2.24) is 14.9 Å². The van der Waals surface area contributed by atoms with E-state index in [0.717, 1.165) is 33.0 Å². The molecule has 1 aromatic carbocycles. The van der Waals surface area contributed by atoms with E-state index in [1.54, 1.807) is 27.8 Å². The summed E-state index contributed by atoms with van der Waals surface area (Å²) in [7, 11) is 0. The summed E-state index contributed by atoms with van der Waals surface area (Å²) in [6.07, 6.45) is 0. The average Bonchev–Trinajstić information content (AvgIpc) is 3.25. The minimum absolute atomic E-state index is 0.301. The molecule has 0 N–H and O–H groups in total. The van der Waals surface area contributed by atoms with Gasteiger partial charge in [0.25, 0.3) is 0 Å². The van der Waals surface area contributed by atoms with Gasteiger partial charge in [-0.15, -0.1) is 21.5 Å². The molecule has 0 amide bonds. The lowest BCUT2D eigenvalue weighted by Crippen LogP contribution is -2.14. The van der Waals surface area contributed by atoms with E-state index in [9.17, 15) is 0 Å². The quantitative estimate of drug-likeness (QED) is 0.683. The van der Waals surface area contributed by atoms with E-state index < -0.39 is 0 Å². The Balaban J connectivity index is 1.56. The van der Waals surface area contributed by atoms with Crippen LogP contribution in [-0.4, -0.2) is 26.3 Å². The van der Waals surface area contributed by atoms with E-state index in [-0.39, 0.29) is 0 Å². The fraction of sp³-hybridized carbons (Fsp3) is 0.188. The van der Waals surface area contributed by atoms with Gasteiger partial charge in [0.2, 0.25) is 5.16 Å². The van der Waals surface area contributed by atoms with Gasteiger partial charge < -0.3 is 4.74 Å². The fourth-order valence-corrected chi connectivity index (χ4v) is 4.04. The molecule has 0 saturated heterocycles. The lowest BCUT2D eigenvalue weighted by molar-refractivity contribution is 0.289. The van der Waals surface area contributed by atoms with E-state index >= 15 is 0 Å². The van der Waals surface area contributed by atoms with E-state index in [1.165, 1.54) is 4.88 Å². The van der Waals surface area contributed by atoms with Crippen LogP contribution in [0.25, 0.3) is 0 Å². The van der Waals surface area contributed by atoms with Gasteiger partial charge in [0, 0.05) is 10.8 Å². The lowest BCUT2D eigenvalue weighted by atomic mass is 10.2. The zero-order valence-electron chi connectivity index (χ0n) is 12.8.